The summed E-state index contributed by atoms with van der Waals surface area (Å²) in [6.45, 7) is 2.75. The number of nitrogens with one attached hydrogen (secondary N) is 1. The number of ketones is 1. The van der Waals surface area contributed by atoms with Crippen LogP contribution in [0, 0.1) is 23.1 Å². The summed E-state index contributed by atoms with van der Waals surface area (Å²) in [7, 11) is 0. The molecule has 0 atom stereocenters. The zero-order chi connectivity index (χ0) is 19.4. The van der Waals surface area contributed by atoms with Gasteiger partial charge in [-0.2, -0.15) is 5.26 Å². The van der Waals surface area contributed by atoms with E-state index in [1.807, 2.05) is 0 Å². The summed E-state index contributed by atoms with van der Waals surface area (Å²) < 4.78 is 13.0. The number of anilines is 2. The van der Waals surface area contributed by atoms with Crippen LogP contribution in [0.5, 0.6) is 0 Å². The van der Waals surface area contributed by atoms with Gasteiger partial charge in [0.1, 0.15) is 5.82 Å². The predicted molar refractivity (Wildman–Crippen MR) is 101 cm³/mol. The minimum atomic E-state index is -0.345. The smallest absolute Gasteiger partial charge is 0.227 e. The molecule has 5 nitrogen and oxygen atoms in total. The van der Waals surface area contributed by atoms with Crippen LogP contribution in [0.25, 0.3) is 0 Å². The van der Waals surface area contributed by atoms with Gasteiger partial charge in [-0.1, -0.05) is 0 Å². The molecule has 2 aromatic rings. The summed E-state index contributed by atoms with van der Waals surface area (Å²) in [5, 5.41) is 12.0. The van der Waals surface area contributed by atoms with Crippen molar-refractivity contribution in [3.63, 3.8) is 0 Å². The lowest BCUT2D eigenvalue weighted by Gasteiger charge is -2.34. The van der Waals surface area contributed by atoms with Gasteiger partial charge in [0, 0.05) is 35.9 Å². The molecule has 6 heteroatoms. The van der Waals surface area contributed by atoms with Gasteiger partial charge in [0.25, 0.3) is 0 Å². The Labute approximate surface area is 157 Å². The van der Waals surface area contributed by atoms with Crippen molar-refractivity contribution >= 4 is 23.1 Å². The van der Waals surface area contributed by atoms with Crippen molar-refractivity contribution in [3.05, 3.63) is 59.4 Å². The molecule has 138 valence electrons. The van der Waals surface area contributed by atoms with Crippen molar-refractivity contribution in [2.75, 3.05) is 23.3 Å². The fraction of sp³-hybridized carbons (Fsp3) is 0.286. The fourth-order valence-electron chi connectivity index (χ4n) is 3.32. The number of hydrogen-bond donors (Lipinski definition) is 1. The zero-order valence-corrected chi connectivity index (χ0v) is 15.0. The first kappa shape index (κ1) is 18.6. The summed E-state index contributed by atoms with van der Waals surface area (Å²) in [4.78, 5) is 26.4. The van der Waals surface area contributed by atoms with Gasteiger partial charge in [0.05, 0.1) is 11.6 Å². The predicted octanol–water partition coefficient (Wildman–Crippen LogP) is 3.76. The Morgan fingerprint density at radius 3 is 2.41 bits per heavy atom. The first-order chi connectivity index (χ1) is 13.0. The molecule has 0 saturated carbocycles. The number of carbonyl (C=O) groups is 2. The van der Waals surface area contributed by atoms with E-state index in [0.717, 1.165) is 5.69 Å². The molecule has 27 heavy (non-hydrogen) atoms. The van der Waals surface area contributed by atoms with Crippen molar-refractivity contribution < 1.29 is 14.0 Å². The monoisotopic (exact) mass is 365 g/mol. The van der Waals surface area contributed by atoms with E-state index in [9.17, 15) is 14.0 Å². The summed E-state index contributed by atoms with van der Waals surface area (Å²) >= 11 is 0. The summed E-state index contributed by atoms with van der Waals surface area (Å²) in [6, 6.07) is 12.9. The number of amides is 1. The van der Waals surface area contributed by atoms with Crippen molar-refractivity contribution in [2.24, 2.45) is 5.92 Å². The third kappa shape index (κ3) is 4.32. The number of rotatable bonds is 4. The number of piperidine rings is 1. The van der Waals surface area contributed by atoms with Crippen molar-refractivity contribution in [1.29, 1.82) is 5.26 Å². The molecule has 2 aromatic carbocycles. The van der Waals surface area contributed by atoms with Gasteiger partial charge in [-0.25, -0.2) is 4.39 Å². The maximum Gasteiger partial charge on any atom is 0.227 e. The molecule has 1 fully saturated rings. The largest absolute Gasteiger partial charge is 0.371 e. The molecule has 0 unspecified atom stereocenters. The highest BCUT2D eigenvalue weighted by Gasteiger charge is 2.27. The molecule has 3 rings (SSSR count). The van der Waals surface area contributed by atoms with Gasteiger partial charge in [-0.15, -0.1) is 0 Å². The number of Topliss-reactive ketones (excluding diaryl/α,β-unsaturated/α-hetero) is 1. The van der Waals surface area contributed by atoms with E-state index in [-0.39, 0.29) is 23.4 Å². The SMILES string of the molecule is CC(=O)c1ccc(C#N)cc1N1CCC(C(=O)Nc2ccc(F)cc2)CC1. The van der Waals surface area contributed by atoms with Crippen LogP contribution < -0.4 is 10.2 Å². The van der Waals surface area contributed by atoms with Crippen LogP contribution in [0.15, 0.2) is 42.5 Å². The quantitative estimate of drug-likeness (QED) is 0.838. The Hall–Kier alpha value is -3.20. The maximum absolute atomic E-state index is 13.0. The summed E-state index contributed by atoms with van der Waals surface area (Å²) in [5.41, 5.74) is 2.41. The number of nitrogens with zero attached hydrogens (tertiary/aromatic N) is 2. The number of carbonyl (C=O) groups excluding carboxylic acids is 2. The molecule has 0 aliphatic carbocycles. The molecular formula is C21H20FN3O2. The normalized spacial score (nSPS) is 14.5. The van der Waals surface area contributed by atoms with Gasteiger partial charge in [-0.3, -0.25) is 9.59 Å². The molecule has 0 bridgehead atoms. The van der Waals surface area contributed by atoms with E-state index < -0.39 is 0 Å². The number of nitriles is 1. The second-order valence-electron chi connectivity index (χ2n) is 6.66. The van der Waals surface area contributed by atoms with Crippen LogP contribution in [0.1, 0.15) is 35.7 Å². The van der Waals surface area contributed by atoms with Crippen LogP contribution in [-0.4, -0.2) is 24.8 Å². The topological polar surface area (TPSA) is 73.2 Å². The Morgan fingerprint density at radius 2 is 1.81 bits per heavy atom. The van der Waals surface area contributed by atoms with Gasteiger partial charge in [-0.05, 0) is 62.2 Å². The minimum Gasteiger partial charge on any atom is -0.371 e. The van der Waals surface area contributed by atoms with Gasteiger partial charge in [0.15, 0.2) is 5.78 Å². The summed E-state index contributed by atoms with van der Waals surface area (Å²) in [5.74, 6) is -0.627. The first-order valence-corrected chi connectivity index (χ1v) is 8.84. The third-order valence-electron chi connectivity index (χ3n) is 4.82. The fourth-order valence-corrected chi connectivity index (χ4v) is 3.32. The third-order valence-corrected chi connectivity index (χ3v) is 4.82. The zero-order valence-electron chi connectivity index (χ0n) is 15.0. The molecule has 1 saturated heterocycles. The second-order valence-corrected chi connectivity index (χ2v) is 6.66. The standard InChI is InChI=1S/C21H20FN3O2/c1-14(26)19-7-2-15(13-23)12-20(19)25-10-8-16(9-11-25)21(27)24-18-5-3-17(22)4-6-18/h2-7,12,16H,8-11H2,1H3,(H,24,27). The molecule has 1 aliphatic heterocycles. The lowest BCUT2D eigenvalue weighted by molar-refractivity contribution is -0.120. The molecule has 0 spiro atoms. The number of hydrogen-bond acceptors (Lipinski definition) is 4. The van der Waals surface area contributed by atoms with Crippen LogP contribution in [0.3, 0.4) is 0 Å². The van der Waals surface area contributed by atoms with Crippen molar-refractivity contribution in [3.8, 4) is 6.07 Å². The van der Waals surface area contributed by atoms with Crippen molar-refractivity contribution in [1.82, 2.24) is 0 Å². The highest BCUT2D eigenvalue weighted by Crippen LogP contribution is 2.28. The van der Waals surface area contributed by atoms with Crippen LogP contribution in [0.4, 0.5) is 15.8 Å². The Bertz CT molecular complexity index is 895. The molecule has 1 N–H and O–H groups in total. The Kier molecular flexibility index (Phi) is 5.51. The molecule has 0 aromatic heterocycles. The van der Waals surface area contributed by atoms with Gasteiger partial charge >= 0.3 is 0 Å². The van der Waals surface area contributed by atoms with Crippen LogP contribution in [0.2, 0.25) is 0 Å². The minimum absolute atomic E-state index is 0.0503. The van der Waals surface area contributed by atoms with E-state index in [4.69, 9.17) is 5.26 Å². The highest BCUT2D eigenvalue weighted by atomic mass is 19.1. The van der Waals surface area contributed by atoms with E-state index in [2.05, 4.69) is 16.3 Å². The van der Waals surface area contributed by atoms with E-state index in [0.29, 0.717) is 42.7 Å². The van der Waals surface area contributed by atoms with Gasteiger partial charge < -0.3 is 10.2 Å². The molecule has 1 aliphatic rings. The average molecular weight is 365 g/mol. The Morgan fingerprint density at radius 1 is 1.15 bits per heavy atom. The molecule has 1 amide bonds. The summed E-state index contributed by atoms with van der Waals surface area (Å²) in [6.07, 6.45) is 1.28. The van der Waals surface area contributed by atoms with Gasteiger partial charge in [0.2, 0.25) is 5.91 Å². The highest BCUT2D eigenvalue weighted by molar-refractivity contribution is 6.00. The van der Waals surface area contributed by atoms with Crippen molar-refractivity contribution in [2.45, 2.75) is 19.8 Å². The molecular weight excluding hydrogens is 345 g/mol. The van der Waals surface area contributed by atoms with E-state index >= 15 is 0 Å². The lowest BCUT2D eigenvalue weighted by atomic mass is 9.94. The average Bonchev–Trinajstić information content (AvgIpc) is 2.69. The maximum atomic E-state index is 13.0. The second kappa shape index (κ2) is 8.00. The Balaban J connectivity index is 1.67. The molecule has 1 heterocycles. The molecule has 0 radical (unpaired) electrons. The lowest BCUT2D eigenvalue weighted by Crippen LogP contribution is -2.38. The first-order valence-electron chi connectivity index (χ1n) is 8.84. The van der Waals surface area contributed by atoms with E-state index in [1.54, 1.807) is 18.2 Å². The number of benzene rings is 2. The van der Waals surface area contributed by atoms with Crippen LogP contribution in [-0.2, 0) is 4.79 Å². The number of halogens is 1. The van der Waals surface area contributed by atoms with Crippen LogP contribution >= 0.6 is 0 Å². The van der Waals surface area contributed by atoms with E-state index in [1.165, 1.54) is 31.2 Å².